The number of aromatic nitrogens is 2. The molecule has 2 aliphatic heterocycles. The molecule has 1 aromatic heterocycles. The summed E-state index contributed by atoms with van der Waals surface area (Å²) in [5.41, 5.74) is -1.12. The largest absolute Gasteiger partial charge is 0.417 e. The molecule has 176 valence electrons. The Balaban J connectivity index is 1.42. The second-order valence-corrected chi connectivity index (χ2v) is 8.89. The summed E-state index contributed by atoms with van der Waals surface area (Å²) in [5, 5.41) is 19.0. The smallest absolute Gasteiger partial charge is 0.396 e. The zero-order valence-corrected chi connectivity index (χ0v) is 18.1. The van der Waals surface area contributed by atoms with Crippen molar-refractivity contribution < 1.29 is 23.1 Å². The van der Waals surface area contributed by atoms with Crippen LogP contribution in [-0.2, 0) is 17.5 Å². The SMILES string of the molecule is N#Cc1ccc(N2CCC3(CC2)CN(C(=O)CCn2ccnc2)CC3CO)cc1C(F)(F)F. The van der Waals surface area contributed by atoms with Crippen molar-refractivity contribution in [3.8, 4) is 6.07 Å². The van der Waals surface area contributed by atoms with Gasteiger partial charge in [0.1, 0.15) is 0 Å². The molecule has 1 N–H and O–H groups in total. The monoisotopic (exact) mass is 461 g/mol. The van der Waals surface area contributed by atoms with Crippen LogP contribution in [0, 0.1) is 22.7 Å². The van der Waals surface area contributed by atoms with Gasteiger partial charge in [-0.05, 0) is 36.5 Å². The molecule has 0 saturated carbocycles. The highest BCUT2D eigenvalue weighted by atomic mass is 19.4. The number of amides is 1. The van der Waals surface area contributed by atoms with Gasteiger partial charge >= 0.3 is 6.18 Å². The molecule has 2 aromatic rings. The molecule has 10 heteroatoms. The van der Waals surface area contributed by atoms with Crippen LogP contribution in [0.15, 0.2) is 36.9 Å². The number of piperidine rings is 1. The first-order valence-corrected chi connectivity index (χ1v) is 11.0. The number of nitriles is 1. The molecule has 1 spiro atoms. The Hall–Kier alpha value is -3.06. The lowest BCUT2D eigenvalue weighted by molar-refractivity contribution is -0.137. The minimum Gasteiger partial charge on any atom is -0.396 e. The number of rotatable bonds is 5. The number of hydrogen-bond acceptors (Lipinski definition) is 5. The number of alkyl halides is 3. The van der Waals surface area contributed by atoms with E-state index in [0.29, 0.717) is 57.7 Å². The maximum Gasteiger partial charge on any atom is 0.417 e. The van der Waals surface area contributed by atoms with E-state index in [2.05, 4.69) is 4.98 Å². The van der Waals surface area contributed by atoms with Crippen molar-refractivity contribution in [2.24, 2.45) is 11.3 Å². The van der Waals surface area contributed by atoms with Crippen LogP contribution >= 0.6 is 0 Å². The predicted molar refractivity (Wildman–Crippen MR) is 114 cm³/mol. The Kier molecular flexibility index (Phi) is 6.34. The Morgan fingerprint density at radius 1 is 1.30 bits per heavy atom. The predicted octanol–water partition coefficient (Wildman–Crippen LogP) is 2.90. The minimum atomic E-state index is -4.59. The number of nitrogens with zero attached hydrogens (tertiary/aromatic N) is 5. The number of hydrogen-bond donors (Lipinski definition) is 1. The topological polar surface area (TPSA) is 85.4 Å². The van der Waals surface area contributed by atoms with Gasteiger partial charge in [-0.3, -0.25) is 4.79 Å². The number of likely N-dealkylation sites (tertiary alicyclic amines) is 1. The first kappa shape index (κ1) is 23.1. The lowest BCUT2D eigenvalue weighted by Gasteiger charge is -2.43. The van der Waals surface area contributed by atoms with Gasteiger partial charge in [0.25, 0.3) is 0 Å². The lowest BCUT2D eigenvalue weighted by Crippen LogP contribution is -2.45. The summed E-state index contributed by atoms with van der Waals surface area (Å²) in [7, 11) is 0. The quantitative estimate of drug-likeness (QED) is 0.740. The van der Waals surface area contributed by atoms with Crippen molar-refractivity contribution in [1.29, 1.82) is 5.26 Å². The first-order valence-electron chi connectivity index (χ1n) is 11.0. The van der Waals surface area contributed by atoms with Crippen LogP contribution in [0.1, 0.15) is 30.4 Å². The number of halogens is 3. The molecule has 1 aromatic carbocycles. The maximum absolute atomic E-state index is 13.4. The van der Waals surface area contributed by atoms with E-state index >= 15 is 0 Å². The Morgan fingerprint density at radius 2 is 2.06 bits per heavy atom. The van der Waals surface area contributed by atoms with Gasteiger partial charge in [0, 0.05) is 69.8 Å². The Bertz CT molecular complexity index is 1020. The Labute approximate surface area is 190 Å². The van der Waals surface area contributed by atoms with Gasteiger partial charge in [0.05, 0.1) is 23.5 Å². The number of imidazole rings is 1. The molecule has 2 fully saturated rings. The summed E-state index contributed by atoms with van der Waals surface area (Å²) >= 11 is 0. The number of aryl methyl sites for hydroxylation is 1. The molecule has 2 aliphatic rings. The molecule has 1 amide bonds. The fourth-order valence-electron chi connectivity index (χ4n) is 5.11. The molecule has 7 nitrogen and oxygen atoms in total. The normalized spacial score (nSPS) is 20.3. The highest BCUT2D eigenvalue weighted by Gasteiger charge is 2.49. The van der Waals surface area contributed by atoms with Crippen molar-refractivity contribution >= 4 is 11.6 Å². The molecular formula is C23H26F3N5O2. The fraction of sp³-hybridized carbons (Fsp3) is 0.522. The standard InChI is InChI=1S/C23H26F3N5O2/c24-23(25,26)20-11-19(2-1-17(20)12-27)30-8-4-22(5-9-30)15-31(13-18(22)14-32)21(33)3-7-29-10-6-28-16-29/h1-2,6,10-11,16,18,32H,3-5,7-9,13-15H2. The van der Waals surface area contributed by atoms with Gasteiger partial charge in [-0.1, -0.05) is 0 Å². The van der Waals surface area contributed by atoms with Gasteiger partial charge < -0.3 is 19.5 Å². The van der Waals surface area contributed by atoms with Gasteiger partial charge in [-0.15, -0.1) is 0 Å². The summed E-state index contributed by atoms with van der Waals surface area (Å²) in [4.78, 5) is 20.5. The van der Waals surface area contributed by atoms with Gasteiger partial charge in [-0.25, -0.2) is 4.98 Å². The van der Waals surface area contributed by atoms with E-state index in [1.165, 1.54) is 6.07 Å². The van der Waals surface area contributed by atoms with Crippen LogP contribution < -0.4 is 4.90 Å². The zero-order chi connectivity index (χ0) is 23.6. The van der Waals surface area contributed by atoms with Crippen molar-refractivity contribution in [1.82, 2.24) is 14.5 Å². The van der Waals surface area contributed by atoms with Crippen molar-refractivity contribution in [2.45, 2.75) is 32.0 Å². The van der Waals surface area contributed by atoms with Gasteiger partial charge in [0.2, 0.25) is 5.91 Å². The number of anilines is 1. The second-order valence-electron chi connectivity index (χ2n) is 8.89. The maximum atomic E-state index is 13.4. The van der Waals surface area contributed by atoms with E-state index in [-0.39, 0.29) is 29.4 Å². The number of benzene rings is 1. The molecule has 4 rings (SSSR count). The van der Waals surface area contributed by atoms with Crippen LogP contribution in [-0.4, -0.2) is 58.3 Å². The number of carbonyl (C=O) groups is 1. The van der Waals surface area contributed by atoms with Gasteiger partial charge in [-0.2, -0.15) is 18.4 Å². The summed E-state index contributed by atoms with van der Waals surface area (Å²) in [5.74, 6) is -0.0214. The van der Waals surface area contributed by atoms with E-state index in [1.54, 1.807) is 30.9 Å². The fourth-order valence-corrected chi connectivity index (χ4v) is 5.11. The lowest BCUT2D eigenvalue weighted by atomic mass is 9.71. The second kappa shape index (κ2) is 9.06. The van der Waals surface area contributed by atoms with E-state index < -0.39 is 11.7 Å². The van der Waals surface area contributed by atoms with Crippen LogP contribution in [0.4, 0.5) is 18.9 Å². The van der Waals surface area contributed by atoms with E-state index in [0.717, 1.165) is 6.07 Å². The summed E-state index contributed by atoms with van der Waals surface area (Å²) < 4.78 is 41.9. The molecule has 2 saturated heterocycles. The highest BCUT2D eigenvalue weighted by Crippen LogP contribution is 2.46. The third-order valence-electron chi connectivity index (χ3n) is 7.08. The highest BCUT2D eigenvalue weighted by molar-refractivity contribution is 5.76. The zero-order valence-electron chi connectivity index (χ0n) is 18.1. The summed E-state index contributed by atoms with van der Waals surface area (Å²) in [6.45, 7) is 2.61. The van der Waals surface area contributed by atoms with E-state index in [9.17, 15) is 23.1 Å². The van der Waals surface area contributed by atoms with Crippen molar-refractivity contribution in [3.63, 3.8) is 0 Å². The van der Waals surface area contributed by atoms with Crippen molar-refractivity contribution in [2.75, 3.05) is 37.7 Å². The molecule has 3 heterocycles. The third-order valence-corrected chi connectivity index (χ3v) is 7.08. The third kappa shape index (κ3) is 4.69. The Morgan fingerprint density at radius 3 is 2.67 bits per heavy atom. The number of carbonyl (C=O) groups excluding carboxylic acids is 1. The molecule has 0 radical (unpaired) electrons. The van der Waals surface area contributed by atoms with Crippen LogP contribution in [0.25, 0.3) is 0 Å². The molecule has 0 bridgehead atoms. The van der Waals surface area contributed by atoms with E-state index in [4.69, 9.17) is 5.26 Å². The summed E-state index contributed by atoms with van der Waals surface area (Å²) in [6, 6.07) is 5.42. The van der Waals surface area contributed by atoms with Crippen LogP contribution in [0.2, 0.25) is 0 Å². The van der Waals surface area contributed by atoms with Crippen LogP contribution in [0.5, 0.6) is 0 Å². The number of aliphatic hydroxyl groups is 1. The molecule has 0 aliphatic carbocycles. The van der Waals surface area contributed by atoms with E-state index in [1.807, 2.05) is 14.4 Å². The average Bonchev–Trinajstić information content (AvgIpc) is 3.45. The molecule has 33 heavy (non-hydrogen) atoms. The first-order chi connectivity index (χ1) is 15.8. The van der Waals surface area contributed by atoms with Crippen molar-refractivity contribution in [3.05, 3.63) is 48.0 Å². The van der Waals surface area contributed by atoms with Crippen LogP contribution in [0.3, 0.4) is 0 Å². The number of aliphatic hydroxyl groups excluding tert-OH is 1. The molecular weight excluding hydrogens is 435 g/mol. The minimum absolute atomic E-state index is 0.0274. The van der Waals surface area contributed by atoms with Gasteiger partial charge in [0.15, 0.2) is 0 Å². The summed E-state index contributed by atoms with van der Waals surface area (Å²) in [6.07, 6.45) is 2.23. The average molecular weight is 461 g/mol. The molecule has 1 atom stereocenters. The molecule has 1 unspecified atom stereocenters.